The van der Waals surface area contributed by atoms with Gasteiger partial charge in [-0.1, -0.05) is 36.4 Å². The van der Waals surface area contributed by atoms with E-state index in [2.05, 4.69) is 41.3 Å². The summed E-state index contributed by atoms with van der Waals surface area (Å²) in [6, 6.07) is 14.0. The number of aliphatic imine (C=N–C) groups is 1. The molecule has 2 heterocycles. The molecule has 0 atom stereocenters. The molecule has 7 nitrogen and oxygen atoms in total. The standard InChI is InChI=1S/C24H35N5O2.HI/c1-4-25-23(28-19-24(2,3)29-13-15-30-16-14-29)27-17-21-11-8-12-26-22(21)31-18-20-9-6-5-7-10-20;/h5-12H,4,13-19H2,1-3H3,(H2,25,27,28);1H. The monoisotopic (exact) mass is 553 g/mol. The van der Waals surface area contributed by atoms with Gasteiger partial charge in [0.2, 0.25) is 5.88 Å². The number of nitrogens with one attached hydrogen (secondary N) is 2. The molecule has 176 valence electrons. The van der Waals surface area contributed by atoms with Gasteiger partial charge < -0.3 is 20.1 Å². The number of morpholine rings is 1. The molecule has 0 amide bonds. The third-order valence-corrected chi connectivity index (χ3v) is 5.38. The van der Waals surface area contributed by atoms with E-state index in [1.807, 2.05) is 42.5 Å². The molecule has 1 aliphatic heterocycles. The lowest BCUT2D eigenvalue weighted by Gasteiger charge is -2.41. The summed E-state index contributed by atoms with van der Waals surface area (Å²) >= 11 is 0. The van der Waals surface area contributed by atoms with Crippen molar-refractivity contribution in [2.45, 2.75) is 39.5 Å². The average molecular weight is 553 g/mol. The van der Waals surface area contributed by atoms with Crippen molar-refractivity contribution in [3.05, 3.63) is 59.8 Å². The maximum atomic E-state index is 5.97. The van der Waals surface area contributed by atoms with Crippen molar-refractivity contribution in [1.82, 2.24) is 20.5 Å². The fourth-order valence-electron chi connectivity index (χ4n) is 3.49. The van der Waals surface area contributed by atoms with Crippen LogP contribution in [0, 0.1) is 0 Å². The molecule has 1 aromatic carbocycles. The minimum Gasteiger partial charge on any atom is -0.473 e. The van der Waals surface area contributed by atoms with Crippen molar-refractivity contribution in [3.8, 4) is 5.88 Å². The van der Waals surface area contributed by atoms with Gasteiger partial charge in [0.05, 0.1) is 19.8 Å². The van der Waals surface area contributed by atoms with E-state index in [1.54, 1.807) is 6.20 Å². The first-order valence-electron chi connectivity index (χ1n) is 11.0. The molecule has 32 heavy (non-hydrogen) atoms. The fourth-order valence-corrected chi connectivity index (χ4v) is 3.49. The maximum absolute atomic E-state index is 5.97. The zero-order valence-corrected chi connectivity index (χ0v) is 21.7. The Labute approximate surface area is 209 Å². The molecule has 0 aliphatic carbocycles. The van der Waals surface area contributed by atoms with E-state index in [0.717, 1.165) is 56.5 Å². The first-order valence-corrected chi connectivity index (χ1v) is 11.0. The summed E-state index contributed by atoms with van der Waals surface area (Å²) in [7, 11) is 0. The zero-order valence-electron chi connectivity index (χ0n) is 19.3. The lowest BCUT2D eigenvalue weighted by molar-refractivity contribution is -0.00834. The number of guanidine groups is 1. The van der Waals surface area contributed by atoms with Gasteiger partial charge in [0.15, 0.2) is 5.96 Å². The quantitative estimate of drug-likeness (QED) is 0.282. The van der Waals surface area contributed by atoms with Gasteiger partial charge in [-0.15, -0.1) is 24.0 Å². The van der Waals surface area contributed by atoms with Gasteiger partial charge in [0, 0.05) is 43.5 Å². The van der Waals surface area contributed by atoms with Gasteiger partial charge >= 0.3 is 0 Å². The smallest absolute Gasteiger partial charge is 0.218 e. The second-order valence-electron chi connectivity index (χ2n) is 8.20. The summed E-state index contributed by atoms with van der Waals surface area (Å²) < 4.78 is 11.5. The van der Waals surface area contributed by atoms with Gasteiger partial charge in [-0.25, -0.2) is 9.98 Å². The Morgan fingerprint density at radius 2 is 1.88 bits per heavy atom. The van der Waals surface area contributed by atoms with Crippen LogP contribution in [0.15, 0.2) is 53.7 Å². The highest BCUT2D eigenvalue weighted by molar-refractivity contribution is 14.0. The van der Waals surface area contributed by atoms with Crippen molar-refractivity contribution in [3.63, 3.8) is 0 Å². The largest absolute Gasteiger partial charge is 0.473 e. The number of rotatable bonds is 9. The Hall–Kier alpha value is -1.91. The Bertz CT molecular complexity index is 826. The lowest BCUT2D eigenvalue weighted by atomic mass is 10.0. The molecule has 3 rings (SSSR count). The fraction of sp³-hybridized carbons (Fsp3) is 0.500. The third-order valence-electron chi connectivity index (χ3n) is 5.38. The molecule has 0 unspecified atom stereocenters. The Morgan fingerprint density at radius 3 is 2.59 bits per heavy atom. The predicted octanol–water partition coefficient (Wildman–Crippen LogP) is 3.44. The lowest BCUT2D eigenvalue weighted by Crippen LogP contribution is -2.56. The van der Waals surface area contributed by atoms with E-state index in [4.69, 9.17) is 14.5 Å². The van der Waals surface area contributed by atoms with Gasteiger partial charge in [0.25, 0.3) is 0 Å². The van der Waals surface area contributed by atoms with E-state index in [1.165, 1.54) is 0 Å². The maximum Gasteiger partial charge on any atom is 0.218 e. The van der Waals surface area contributed by atoms with Crippen LogP contribution in [0.5, 0.6) is 5.88 Å². The normalized spacial score (nSPS) is 15.0. The van der Waals surface area contributed by atoms with Gasteiger partial charge in [-0.2, -0.15) is 0 Å². The van der Waals surface area contributed by atoms with Crippen molar-refractivity contribution >= 4 is 29.9 Å². The van der Waals surface area contributed by atoms with E-state index in [0.29, 0.717) is 19.0 Å². The topological polar surface area (TPSA) is 71.0 Å². The highest BCUT2D eigenvalue weighted by Gasteiger charge is 2.28. The summed E-state index contributed by atoms with van der Waals surface area (Å²) in [4.78, 5) is 11.7. The van der Waals surface area contributed by atoms with E-state index < -0.39 is 0 Å². The van der Waals surface area contributed by atoms with E-state index in [-0.39, 0.29) is 29.5 Å². The summed E-state index contributed by atoms with van der Waals surface area (Å²) in [5, 5.41) is 6.84. The minimum atomic E-state index is 0. The summed E-state index contributed by atoms with van der Waals surface area (Å²) in [5.74, 6) is 1.42. The molecule has 1 aromatic heterocycles. The highest BCUT2D eigenvalue weighted by atomic mass is 127. The highest BCUT2D eigenvalue weighted by Crippen LogP contribution is 2.18. The van der Waals surface area contributed by atoms with Crippen LogP contribution >= 0.6 is 24.0 Å². The molecule has 1 saturated heterocycles. The van der Waals surface area contributed by atoms with Crippen LogP contribution in [-0.4, -0.2) is 60.8 Å². The van der Waals surface area contributed by atoms with Crippen molar-refractivity contribution < 1.29 is 9.47 Å². The number of pyridine rings is 1. The van der Waals surface area contributed by atoms with Crippen LogP contribution in [-0.2, 0) is 17.9 Å². The number of benzene rings is 1. The molecular formula is C24H36IN5O2. The molecule has 8 heteroatoms. The van der Waals surface area contributed by atoms with Crippen LogP contribution in [0.4, 0.5) is 0 Å². The predicted molar refractivity (Wildman–Crippen MR) is 140 cm³/mol. The van der Waals surface area contributed by atoms with E-state index in [9.17, 15) is 0 Å². The molecule has 0 saturated carbocycles. The molecule has 0 bridgehead atoms. The van der Waals surface area contributed by atoms with Crippen molar-refractivity contribution in [1.29, 1.82) is 0 Å². The number of nitrogens with zero attached hydrogens (tertiary/aromatic N) is 3. The van der Waals surface area contributed by atoms with Gasteiger partial charge in [-0.05, 0) is 32.4 Å². The zero-order chi connectivity index (χ0) is 21.9. The molecule has 2 N–H and O–H groups in total. The SMILES string of the molecule is CCNC(=NCc1cccnc1OCc1ccccc1)NCC(C)(C)N1CCOCC1.I. The molecule has 1 fully saturated rings. The number of aromatic nitrogens is 1. The summed E-state index contributed by atoms with van der Waals surface area (Å²) in [5.41, 5.74) is 2.09. The Morgan fingerprint density at radius 1 is 1.12 bits per heavy atom. The van der Waals surface area contributed by atoms with E-state index >= 15 is 0 Å². The minimum absolute atomic E-state index is 0. The summed E-state index contributed by atoms with van der Waals surface area (Å²) in [6.45, 7) is 12.7. The Balaban J connectivity index is 0.00000363. The second-order valence-corrected chi connectivity index (χ2v) is 8.20. The first kappa shape index (κ1) is 26.3. The molecule has 2 aromatic rings. The van der Waals surface area contributed by atoms with Crippen LogP contribution < -0.4 is 15.4 Å². The van der Waals surface area contributed by atoms with Crippen LogP contribution in [0.2, 0.25) is 0 Å². The van der Waals surface area contributed by atoms with Crippen LogP contribution in [0.25, 0.3) is 0 Å². The molecular weight excluding hydrogens is 517 g/mol. The Kier molecular flexibility index (Phi) is 11.2. The van der Waals surface area contributed by atoms with Gasteiger partial charge in [0.1, 0.15) is 6.61 Å². The summed E-state index contributed by atoms with van der Waals surface area (Å²) in [6.07, 6.45) is 1.75. The van der Waals surface area contributed by atoms with Gasteiger partial charge in [-0.3, -0.25) is 4.90 Å². The molecule has 1 aliphatic rings. The van der Waals surface area contributed by atoms with Crippen molar-refractivity contribution in [2.75, 3.05) is 39.4 Å². The number of ether oxygens (including phenoxy) is 2. The third kappa shape index (κ3) is 8.22. The molecule has 0 radical (unpaired) electrons. The molecule has 0 spiro atoms. The number of hydrogen-bond acceptors (Lipinski definition) is 5. The second kappa shape index (κ2) is 13.6. The average Bonchev–Trinajstić information content (AvgIpc) is 2.81. The number of hydrogen-bond donors (Lipinski definition) is 2. The van der Waals surface area contributed by atoms with Crippen LogP contribution in [0.1, 0.15) is 31.9 Å². The van der Waals surface area contributed by atoms with Crippen LogP contribution in [0.3, 0.4) is 0 Å². The first-order chi connectivity index (χ1) is 15.1. The van der Waals surface area contributed by atoms with Crippen molar-refractivity contribution in [2.24, 2.45) is 4.99 Å². The number of halogens is 1.